The quantitative estimate of drug-likeness (QED) is 0.296. The van der Waals surface area contributed by atoms with E-state index in [2.05, 4.69) is 9.98 Å². The number of hydrogen-bond donors (Lipinski definition) is 2. The maximum atomic E-state index is 6.23. The Balaban J connectivity index is 1.79. The largest absolute Gasteiger partial charge is 0.497 e. The Hall–Kier alpha value is -4.06. The number of pyridine rings is 1. The number of para-hydroxylation sites is 1. The molecule has 3 aromatic carbocycles. The van der Waals surface area contributed by atoms with Crippen LogP contribution in [0.5, 0.6) is 17.4 Å². The fraction of sp³-hybridized carbons (Fsp3) is 0.0435. The van der Waals surface area contributed by atoms with E-state index >= 15 is 0 Å². The lowest BCUT2D eigenvalue weighted by Gasteiger charge is -2.10. The summed E-state index contributed by atoms with van der Waals surface area (Å²) in [5.74, 6) is 2.47. The molecule has 0 aliphatic heterocycles. The van der Waals surface area contributed by atoms with Crippen molar-refractivity contribution in [2.75, 3.05) is 12.8 Å². The number of ether oxygens (including phenoxy) is 2. The maximum absolute atomic E-state index is 6.23. The molecule has 0 amide bonds. The zero-order valence-corrected chi connectivity index (χ0v) is 15.9. The van der Waals surface area contributed by atoms with Gasteiger partial charge >= 0.3 is 0 Å². The number of nitrogens with two attached hydrogens (primary N) is 2. The number of rotatable bonds is 5. The molecule has 0 bridgehead atoms. The van der Waals surface area contributed by atoms with Crippen LogP contribution < -0.4 is 20.9 Å². The molecule has 4 rings (SSSR count). The highest BCUT2D eigenvalue weighted by molar-refractivity contribution is 6.05. The Labute approximate surface area is 168 Å². The van der Waals surface area contributed by atoms with Crippen LogP contribution in [0.1, 0.15) is 5.56 Å². The van der Waals surface area contributed by atoms with Crippen molar-refractivity contribution in [3.8, 4) is 17.4 Å². The average Bonchev–Trinajstić information content (AvgIpc) is 2.74. The zero-order chi connectivity index (χ0) is 20.2. The molecule has 4 aromatic rings. The van der Waals surface area contributed by atoms with Crippen molar-refractivity contribution in [2.24, 2.45) is 10.7 Å². The van der Waals surface area contributed by atoms with E-state index in [0.717, 1.165) is 10.8 Å². The second kappa shape index (κ2) is 7.90. The van der Waals surface area contributed by atoms with Crippen LogP contribution >= 0.6 is 0 Å². The predicted octanol–water partition coefficient (Wildman–Crippen LogP) is 4.65. The van der Waals surface area contributed by atoms with Gasteiger partial charge in [0.15, 0.2) is 5.82 Å². The minimum absolute atomic E-state index is 0.291. The van der Waals surface area contributed by atoms with Crippen molar-refractivity contribution in [1.82, 2.24) is 4.98 Å². The van der Waals surface area contributed by atoms with E-state index in [1.165, 1.54) is 0 Å². The van der Waals surface area contributed by atoms with Gasteiger partial charge in [0.1, 0.15) is 17.3 Å². The topological polar surface area (TPSA) is 95.8 Å². The highest BCUT2D eigenvalue weighted by atomic mass is 16.5. The van der Waals surface area contributed by atoms with Crippen molar-refractivity contribution in [1.29, 1.82) is 0 Å². The third-order valence-corrected chi connectivity index (χ3v) is 4.42. The molecule has 0 saturated heterocycles. The molecule has 1 aromatic heterocycles. The highest BCUT2D eigenvalue weighted by Crippen LogP contribution is 2.31. The van der Waals surface area contributed by atoms with Crippen molar-refractivity contribution in [3.05, 3.63) is 84.4 Å². The molecule has 0 aliphatic carbocycles. The first-order valence-electron chi connectivity index (χ1n) is 9.05. The Morgan fingerprint density at radius 2 is 1.66 bits per heavy atom. The second-order valence-electron chi connectivity index (χ2n) is 6.37. The normalized spacial score (nSPS) is 11.4. The van der Waals surface area contributed by atoms with Crippen LogP contribution in [0.15, 0.2) is 83.9 Å². The average molecular weight is 384 g/mol. The highest BCUT2D eigenvalue weighted by Gasteiger charge is 2.10. The number of amidine groups is 1. The van der Waals surface area contributed by atoms with Gasteiger partial charge in [0.25, 0.3) is 0 Å². The number of fused-ring (bicyclic) bond motifs is 1. The molecule has 6 heteroatoms. The third kappa shape index (κ3) is 3.96. The lowest BCUT2D eigenvalue weighted by Crippen LogP contribution is -2.15. The van der Waals surface area contributed by atoms with Crippen LogP contribution in [0.3, 0.4) is 0 Å². The van der Waals surface area contributed by atoms with Gasteiger partial charge in [0, 0.05) is 28.8 Å². The number of anilines is 1. The molecule has 0 atom stereocenters. The van der Waals surface area contributed by atoms with Gasteiger partial charge in [-0.2, -0.15) is 4.98 Å². The van der Waals surface area contributed by atoms with Crippen LogP contribution in [0.2, 0.25) is 0 Å². The van der Waals surface area contributed by atoms with Gasteiger partial charge in [-0.3, -0.25) is 0 Å². The molecule has 1 heterocycles. The number of nitrogen functional groups attached to an aromatic ring is 1. The van der Waals surface area contributed by atoms with E-state index in [-0.39, 0.29) is 0 Å². The first-order valence-corrected chi connectivity index (χ1v) is 9.05. The van der Waals surface area contributed by atoms with E-state index in [1.807, 2.05) is 66.7 Å². The molecule has 0 unspecified atom stereocenters. The van der Waals surface area contributed by atoms with E-state index in [1.54, 1.807) is 19.2 Å². The smallest absolute Gasteiger partial charge is 0.221 e. The number of aliphatic imine (C=N–C) groups is 1. The molecule has 144 valence electrons. The molecule has 6 nitrogen and oxygen atoms in total. The second-order valence-corrected chi connectivity index (χ2v) is 6.37. The van der Waals surface area contributed by atoms with E-state index in [0.29, 0.717) is 40.3 Å². The molecule has 29 heavy (non-hydrogen) atoms. The van der Waals surface area contributed by atoms with Crippen LogP contribution in [0, 0.1) is 0 Å². The summed E-state index contributed by atoms with van der Waals surface area (Å²) in [7, 11) is 1.61. The minimum Gasteiger partial charge on any atom is -0.497 e. The predicted molar refractivity (Wildman–Crippen MR) is 116 cm³/mol. The van der Waals surface area contributed by atoms with Gasteiger partial charge in [-0.25, -0.2) is 4.99 Å². The summed E-state index contributed by atoms with van der Waals surface area (Å²) in [5, 5.41) is 1.80. The molecule has 0 spiro atoms. The third-order valence-electron chi connectivity index (χ3n) is 4.42. The standard InChI is InChI=1S/C23H20N4O2/c1-28-16-8-6-9-17(14-16)29-21-13-15-7-2-3-10-18(15)23(26-21)27-22(25)19-11-4-5-12-20(19)24/h2-14H,24H2,1H3,(H2,25,26,27). The minimum atomic E-state index is 0.291. The summed E-state index contributed by atoms with van der Waals surface area (Å²) in [5.41, 5.74) is 13.5. The van der Waals surface area contributed by atoms with Crippen molar-refractivity contribution < 1.29 is 9.47 Å². The Morgan fingerprint density at radius 3 is 2.48 bits per heavy atom. The zero-order valence-electron chi connectivity index (χ0n) is 15.9. The van der Waals surface area contributed by atoms with Gasteiger partial charge in [0.2, 0.25) is 5.88 Å². The van der Waals surface area contributed by atoms with Crippen LogP contribution in [0.4, 0.5) is 11.5 Å². The number of methoxy groups -OCH3 is 1. The van der Waals surface area contributed by atoms with Gasteiger partial charge in [-0.15, -0.1) is 0 Å². The van der Waals surface area contributed by atoms with Crippen LogP contribution in [-0.2, 0) is 0 Å². The molecular formula is C23H20N4O2. The fourth-order valence-electron chi connectivity index (χ4n) is 2.98. The molecular weight excluding hydrogens is 364 g/mol. The Bertz CT molecular complexity index is 1200. The lowest BCUT2D eigenvalue weighted by atomic mass is 10.1. The van der Waals surface area contributed by atoms with Gasteiger partial charge in [-0.1, -0.05) is 42.5 Å². The fourth-order valence-corrected chi connectivity index (χ4v) is 2.98. The molecule has 0 radical (unpaired) electrons. The first-order chi connectivity index (χ1) is 14.1. The van der Waals surface area contributed by atoms with E-state index in [4.69, 9.17) is 20.9 Å². The van der Waals surface area contributed by atoms with E-state index < -0.39 is 0 Å². The number of nitrogens with zero attached hydrogens (tertiary/aromatic N) is 2. The Kier molecular flexibility index (Phi) is 4.99. The monoisotopic (exact) mass is 384 g/mol. The Morgan fingerprint density at radius 1 is 0.897 bits per heavy atom. The summed E-state index contributed by atoms with van der Waals surface area (Å²) in [6.45, 7) is 0. The summed E-state index contributed by atoms with van der Waals surface area (Å²) in [6.07, 6.45) is 0. The number of benzene rings is 3. The SMILES string of the molecule is COc1cccc(Oc2cc3ccccc3c(N=C(N)c3ccccc3N)n2)c1. The lowest BCUT2D eigenvalue weighted by molar-refractivity contribution is 0.407. The van der Waals surface area contributed by atoms with E-state index in [9.17, 15) is 0 Å². The molecule has 0 saturated carbocycles. The number of hydrogen-bond acceptors (Lipinski definition) is 5. The van der Waals surface area contributed by atoms with Crippen molar-refractivity contribution in [2.45, 2.75) is 0 Å². The summed E-state index contributed by atoms with van der Waals surface area (Å²) in [4.78, 5) is 9.13. The van der Waals surface area contributed by atoms with Gasteiger partial charge < -0.3 is 20.9 Å². The molecule has 0 aliphatic rings. The van der Waals surface area contributed by atoms with Gasteiger partial charge in [0.05, 0.1) is 7.11 Å². The van der Waals surface area contributed by atoms with Crippen molar-refractivity contribution >= 4 is 28.1 Å². The van der Waals surface area contributed by atoms with Gasteiger partial charge in [-0.05, 0) is 29.7 Å². The molecule has 0 fully saturated rings. The summed E-state index contributed by atoms with van der Waals surface area (Å²) in [6, 6.07) is 24.3. The first kappa shape index (κ1) is 18.3. The summed E-state index contributed by atoms with van der Waals surface area (Å²) >= 11 is 0. The molecule has 4 N–H and O–H groups in total. The number of aromatic nitrogens is 1. The maximum Gasteiger partial charge on any atom is 0.221 e. The van der Waals surface area contributed by atoms with Crippen LogP contribution in [-0.4, -0.2) is 17.9 Å². The van der Waals surface area contributed by atoms with Crippen LogP contribution in [0.25, 0.3) is 10.8 Å². The summed E-state index contributed by atoms with van der Waals surface area (Å²) < 4.78 is 11.2. The van der Waals surface area contributed by atoms with Crippen molar-refractivity contribution in [3.63, 3.8) is 0 Å².